The second kappa shape index (κ2) is 8.96. The van der Waals surface area contributed by atoms with Gasteiger partial charge in [-0.15, -0.1) is 0 Å². The first-order valence-corrected chi connectivity index (χ1v) is 10.8. The summed E-state index contributed by atoms with van der Waals surface area (Å²) in [5.74, 6) is -0.861. The van der Waals surface area contributed by atoms with Gasteiger partial charge in [0.2, 0.25) is 5.91 Å². The Morgan fingerprint density at radius 2 is 1.90 bits per heavy atom. The summed E-state index contributed by atoms with van der Waals surface area (Å²) in [5, 5.41) is 5.07. The molecule has 154 valence electrons. The van der Waals surface area contributed by atoms with Crippen LogP contribution < -0.4 is 5.32 Å². The number of nitrogens with zero attached hydrogens (tertiary/aromatic N) is 1. The van der Waals surface area contributed by atoms with E-state index in [0.717, 1.165) is 19.4 Å². The van der Waals surface area contributed by atoms with E-state index in [0.29, 0.717) is 4.47 Å². The van der Waals surface area contributed by atoms with Crippen molar-refractivity contribution in [3.8, 4) is 0 Å². The summed E-state index contributed by atoms with van der Waals surface area (Å²) < 4.78 is 13.9. The number of amides is 2. The Balaban J connectivity index is 1.42. The predicted octanol–water partition coefficient (Wildman–Crippen LogP) is 5.23. The van der Waals surface area contributed by atoms with Crippen molar-refractivity contribution in [2.75, 3.05) is 13.1 Å². The molecule has 1 fully saturated rings. The lowest BCUT2D eigenvalue weighted by atomic mass is 9.97. The van der Waals surface area contributed by atoms with Crippen molar-refractivity contribution in [2.24, 2.45) is 0 Å². The van der Waals surface area contributed by atoms with Crippen LogP contribution in [0.25, 0.3) is 10.8 Å². The number of carbonyl (C=O) groups excluding carboxylic acids is 2. The van der Waals surface area contributed by atoms with E-state index >= 15 is 0 Å². The zero-order chi connectivity index (χ0) is 21.1. The second-order valence-electron chi connectivity index (χ2n) is 7.44. The van der Waals surface area contributed by atoms with Gasteiger partial charge in [0, 0.05) is 24.0 Å². The molecule has 1 aliphatic rings. The van der Waals surface area contributed by atoms with Crippen LogP contribution in [-0.2, 0) is 4.79 Å². The summed E-state index contributed by atoms with van der Waals surface area (Å²) >= 11 is 3.26. The second-order valence-corrected chi connectivity index (χ2v) is 8.30. The molecule has 0 aliphatic carbocycles. The third-order valence-corrected chi connectivity index (χ3v) is 6.24. The van der Waals surface area contributed by atoms with Gasteiger partial charge in [0.15, 0.2) is 0 Å². The molecule has 1 heterocycles. The van der Waals surface area contributed by atoms with Crippen molar-refractivity contribution >= 4 is 38.5 Å². The molecule has 3 aromatic carbocycles. The molecule has 0 aromatic heterocycles. The van der Waals surface area contributed by atoms with Crippen LogP contribution in [0.15, 0.2) is 65.1 Å². The minimum atomic E-state index is -0.477. The van der Waals surface area contributed by atoms with Crippen molar-refractivity contribution in [1.82, 2.24) is 10.2 Å². The van der Waals surface area contributed by atoms with Gasteiger partial charge < -0.3 is 10.2 Å². The lowest BCUT2D eigenvalue weighted by molar-refractivity contribution is -0.131. The van der Waals surface area contributed by atoms with E-state index in [-0.39, 0.29) is 30.5 Å². The van der Waals surface area contributed by atoms with Gasteiger partial charge in [-0.05, 0) is 63.3 Å². The lowest BCUT2D eigenvalue weighted by Gasteiger charge is -2.26. The summed E-state index contributed by atoms with van der Waals surface area (Å²) in [5.41, 5.74) is 1.39. The predicted molar refractivity (Wildman–Crippen MR) is 119 cm³/mol. The van der Waals surface area contributed by atoms with Gasteiger partial charge in [0.1, 0.15) is 5.82 Å². The third kappa shape index (κ3) is 4.24. The molecule has 0 radical (unpaired) electrons. The van der Waals surface area contributed by atoms with Gasteiger partial charge in [-0.25, -0.2) is 4.39 Å². The molecule has 1 atom stereocenters. The van der Waals surface area contributed by atoms with Gasteiger partial charge in [0.25, 0.3) is 5.91 Å². The molecule has 1 unspecified atom stereocenters. The number of halogens is 2. The van der Waals surface area contributed by atoms with Crippen molar-refractivity contribution < 1.29 is 14.0 Å². The van der Waals surface area contributed by atoms with Crippen LogP contribution >= 0.6 is 15.9 Å². The smallest absolute Gasteiger partial charge is 0.252 e. The summed E-state index contributed by atoms with van der Waals surface area (Å²) in [7, 11) is 0. The van der Waals surface area contributed by atoms with Crippen molar-refractivity contribution in [1.29, 1.82) is 0 Å². The van der Waals surface area contributed by atoms with Crippen LogP contribution in [0, 0.1) is 5.82 Å². The highest BCUT2D eigenvalue weighted by molar-refractivity contribution is 9.10. The Bertz CT molecular complexity index is 1100. The van der Waals surface area contributed by atoms with E-state index in [1.165, 1.54) is 34.5 Å². The van der Waals surface area contributed by atoms with Crippen LogP contribution in [0.3, 0.4) is 0 Å². The summed E-state index contributed by atoms with van der Waals surface area (Å²) in [4.78, 5) is 27.2. The maximum atomic E-state index is 13.4. The normalized spacial score (nSPS) is 16.1. The van der Waals surface area contributed by atoms with Gasteiger partial charge in [-0.1, -0.05) is 42.5 Å². The number of hydrogen-bond acceptors (Lipinski definition) is 2. The number of likely N-dealkylation sites (tertiary alicyclic amines) is 1. The van der Waals surface area contributed by atoms with Crippen LogP contribution in [0.2, 0.25) is 0 Å². The summed E-state index contributed by atoms with van der Waals surface area (Å²) in [6.07, 6.45) is 2.10. The summed E-state index contributed by atoms with van der Waals surface area (Å²) in [6, 6.07) is 18.4. The Kier molecular flexibility index (Phi) is 6.13. The molecule has 4 rings (SSSR count). The van der Waals surface area contributed by atoms with E-state index in [1.54, 1.807) is 0 Å². The quantitative estimate of drug-likeness (QED) is 0.557. The number of carbonyl (C=O) groups is 2. The van der Waals surface area contributed by atoms with E-state index in [2.05, 4.69) is 45.5 Å². The van der Waals surface area contributed by atoms with Crippen molar-refractivity contribution in [3.05, 3.63) is 82.1 Å². The lowest BCUT2D eigenvalue weighted by Crippen LogP contribution is -2.34. The van der Waals surface area contributed by atoms with Crippen molar-refractivity contribution in [2.45, 2.75) is 25.3 Å². The fourth-order valence-electron chi connectivity index (χ4n) is 4.12. The molecular weight excluding hydrogens is 447 g/mol. The molecule has 0 saturated carbocycles. The first kappa shape index (κ1) is 20.5. The van der Waals surface area contributed by atoms with E-state index in [4.69, 9.17) is 0 Å². The van der Waals surface area contributed by atoms with E-state index in [1.807, 2.05) is 23.1 Å². The number of rotatable bonds is 5. The fourth-order valence-corrected chi connectivity index (χ4v) is 4.55. The van der Waals surface area contributed by atoms with Gasteiger partial charge >= 0.3 is 0 Å². The molecule has 6 heteroatoms. The maximum Gasteiger partial charge on any atom is 0.252 e. The Morgan fingerprint density at radius 3 is 2.77 bits per heavy atom. The highest BCUT2D eigenvalue weighted by Gasteiger charge is 2.30. The number of nitrogens with one attached hydrogen (secondary N) is 1. The summed E-state index contributed by atoms with van der Waals surface area (Å²) in [6.45, 7) is 0.926. The van der Waals surface area contributed by atoms with Gasteiger partial charge in [-0.3, -0.25) is 9.59 Å². The third-order valence-electron chi connectivity index (χ3n) is 5.55. The molecule has 3 aromatic rings. The first-order valence-electron chi connectivity index (χ1n) is 10.0. The molecule has 1 N–H and O–H groups in total. The highest BCUT2D eigenvalue weighted by Crippen LogP contribution is 2.36. The van der Waals surface area contributed by atoms with E-state index in [9.17, 15) is 14.0 Å². The van der Waals surface area contributed by atoms with Crippen LogP contribution in [0.5, 0.6) is 0 Å². The minimum absolute atomic E-state index is 0.0176. The Labute approximate surface area is 183 Å². The SMILES string of the molecule is O=C(NCCC(=O)N1CCCC1c1cccc2ccccc12)c1cc(F)ccc1Br. The monoisotopic (exact) mass is 468 g/mol. The average Bonchev–Trinajstić information content (AvgIpc) is 3.24. The Morgan fingerprint density at radius 1 is 1.10 bits per heavy atom. The Hall–Kier alpha value is -2.73. The molecule has 0 bridgehead atoms. The standard InChI is InChI=1S/C24H22BrFN2O2/c25-21-11-10-17(26)15-20(21)24(30)27-13-12-23(29)28-14-4-9-22(28)19-8-3-6-16-5-1-2-7-18(16)19/h1-3,5-8,10-11,15,22H,4,9,12-14H2,(H,27,30). The van der Waals surface area contributed by atoms with Crippen LogP contribution in [0.1, 0.15) is 41.2 Å². The maximum absolute atomic E-state index is 13.4. The van der Waals surface area contributed by atoms with Gasteiger partial charge in [0.05, 0.1) is 11.6 Å². The molecule has 30 heavy (non-hydrogen) atoms. The minimum Gasteiger partial charge on any atom is -0.351 e. The average molecular weight is 469 g/mol. The van der Waals surface area contributed by atoms with Gasteiger partial charge in [-0.2, -0.15) is 0 Å². The molecule has 1 saturated heterocycles. The first-order chi connectivity index (χ1) is 14.5. The van der Waals surface area contributed by atoms with E-state index < -0.39 is 11.7 Å². The molecule has 2 amide bonds. The molecule has 4 nitrogen and oxygen atoms in total. The van der Waals surface area contributed by atoms with Crippen LogP contribution in [-0.4, -0.2) is 29.8 Å². The van der Waals surface area contributed by atoms with Crippen LogP contribution in [0.4, 0.5) is 4.39 Å². The highest BCUT2D eigenvalue weighted by atomic mass is 79.9. The van der Waals surface area contributed by atoms with Crippen molar-refractivity contribution in [3.63, 3.8) is 0 Å². The zero-order valence-electron chi connectivity index (χ0n) is 16.4. The molecular formula is C24H22BrFN2O2. The topological polar surface area (TPSA) is 49.4 Å². The molecule has 1 aliphatic heterocycles. The largest absolute Gasteiger partial charge is 0.351 e. The number of fused-ring (bicyclic) bond motifs is 1. The number of benzene rings is 3. The molecule has 0 spiro atoms. The zero-order valence-corrected chi connectivity index (χ0v) is 18.0. The fraction of sp³-hybridized carbons (Fsp3) is 0.250. The number of hydrogen-bond donors (Lipinski definition) is 1.